The molecular formula is C29H21F2N3O4. The summed E-state index contributed by atoms with van der Waals surface area (Å²) in [6.07, 6.45) is 4.20. The first-order valence-corrected chi connectivity index (χ1v) is 11.6. The van der Waals surface area contributed by atoms with Crippen LogP contribution in [-0.4, -0.2) is 27.8 Å². The molecule has 3 heterocycles. The lowest BCUT2D eigenvalue weighted by Crippen LogP contribution is -2.20. The van der Waals surface area contributed by atoms with Gasteiger partial charge in [-0.2, -0.15) is 0 Å². The Morgan fingerprint density at radius 1 is 1.00 bits per heavy atom. The zero-order valence-electron chi connectivity index (χ0n) is 20.4. The van der Waals surface area contributed by atoms with Crippen molar-refractivity contribution < 1.29 is 23.0 Å². The molecule has 0 saturated heterocycles. The number of methoxy groups -OCH3 is 1. The largest absolute Gasteiger partial charge is 0.481 e. The Bertz CT molecular complexity index is 1730. The highest BCUT2D eigenvalue weighted by molar-refractivity contribution is 5.98. The molecule has 5 aromatic rings. The molecule has 0 atom stereocenters. The van der Waals surface area contributed by atoms with Crippen molar-refractivity contribution in [3.8, 4) is 28.5 Å². The molecule has 0 radical (unpaired) electrons. The summed E-state index contributed by atoms with van der Waals surface area (Å²) in [6, 6.07) is 12.9. The van der Waals surface area contributed by atoms with E-state index in [9.17, 15) is 18.4 Å². The van der Waals surface area contributed by atoms with Crippen molar-refractivity contribution in [3.63, 3.8) is 0 Å². The molecule has 5 rings (SSSR count). The zero-order chi connectivity index (χ0) is 26.8. The number of aromatic nitrogens is 3. The highest BCUT2D eigenvalue weighted by atomic mass is 19.1. The average molecular weight is 514 g/mol. The summed E-state index contributed by atoms with van der Waals surface area (Å²) in [5.74, 6) is -0.917. The van der Waals surface area contributed by atoms with Crippen molar-refractivity contribution in [1.82, 2.24) is 15.0 Å². The molecular weight excluding hydrogens is 492 g/mol. The minimum Gasteiger partial charge on any atom is -0.481 e. The Hall–Kier alpha value is -4.92. The lowest BCUT2D eigenvalue weighted by Gasteiger charge is -2.11. The number of ketones is 1. The number of pyridine rings is 3. The second-order valence-electron chi connectivity index (χ2n) is 8.56. The third kappa shape index (κ3) is 4.86. The Labute approximate surface area is 215 Å². The quantitative estimate of drug-likeness (QED) is 0.277. The van der Waals surface area contributed by atoms with Crippen molar-refractivity contribution in [2.24, 2.45) is 0 Å². The van der Waals surface area contributed by atoms with E-state index < -0.39 is 22.8 Å². The SMILES string of the molecule is COc1cc2c(Oc3ccc(CC(=O)c4c[nH]c(C)c(-c5ccc(F)cc5)c4=O)cc3F)ccnc2cn1. The number of ether oxygens (including phenoxy) is 2. The number of carbonyl (C=O) groups excluding carboxylic acids is 1. The van der Waals surface area contributed by atoms with Crippen LogP contribution in [0.15, 0.2) is 78.0 Å². The molecule has 0 amide bonds. The van der Waals surface area contributed by atoms with Crippen LogP contribution in [0.3, 0.4) is 0 Å². The van der Waals surface area contributed by atoms with Crippen molar-refractivity contribution in [1.29, 1.82) is 0 Å². The number of nitrogens with zero attached hydrogens (tertiary/aromatic N) is 2. The number of rotatable bonds is 7. The van der Waals surface area contributed by atoms with E-state index in [0.29, 0.717) is 39.4 Å². The third-order valence-electron chi connectivity index (χ3n) is 6.07. The third-order valence-corrected chi connectivity index (χ3v) is 6.07. The predicted molar refractivity (Wildman–Crippen MR) is 138 cm³/mol. The smallest absolute Gasteiger partial charge is 0.213 e. The molecule has 0 aliphatic carbocycles. The van der Waals surface area contributed by atoms with Gasteiger partial charge in [0.05, 0.1) is 24.4 Å². The summed E-state index contributed by atoms with van der Waals surface area (Å²) in [5, 5.41) is 0.591. The summed E-state index contributed by atoms with van der Waals surface area (Å²) in [7, 11) is 1.48. The number of carbonyl (C=O) groups is 1. The van der Waals surface area contributed by atoms with Gasteiger partial charge in [-0.15, -0.1) is 0 Å². The number of halogens is 2. The fourth-order valence-electron chi connectivity index (χ4n) is 4.14. The van der Waals surface area contributed by atoms with Crippen LogP contribution in [0.4, 0.5) is 8.78 Å². The van der Waals surface area contributed by atoms with Crippen LogP contribution < -0.4 is 14.9 Å². The molecule has 0 unspecified atom stereocenters. The molecule has 3 aromatic heterocycles. The minimum absolute atomic E-state index is 0.0451. The number of aromatic amines is 1. The van der Waals surface area contributed by atoms with Gasteiger partial charge in [0.25, 0.3) is 0 Å². The second-order valence-corrected chi connectivity index (χ2v) is 8.56. The summed E-state index contributed by atoms with van der Waals surface area (Å²) >= 11 is 0. The molecule has 0 aliphatic heterocycles. The highest BCUT2D eigenvalue weighted by Crippen LogP contribution is 2.32. The highest BCUT2D eigenvalue weighted by Gasteiger charge is 2.18. The molecule has 190 valence electrons. The maximum absolute atomic E-state index is 15.0. The number of nitrogens with one attached hydrogen (secondary N) is 1. The maximum atomic E-state index is 15.0. The summed E-state index contributed by atoms with van der Waals surface area (Å²) < 4.78 is 39.3. The van der Waals surface area contributed by atoms with E-state index in [1.165, 1.54) is 62.1 Å². The first-order chi connectivity index (χ1) is 18.3. The van der Waals surface area contributed by atoms with Gasteiger partial charge in [0.2, 0.25) is 5.88 Å². The molecule has 0 aliphatic rings. The van der Waals surface area contributed by atoms with Crippen LogP contribution in [0, 0.1) is 18.6 Å². The molecule has 38 heavy (non-hydrogen) atoms. The van der Waals surface area contributed by atoms with Gasteiger partial charge in [0.1, 0.15) is 11.6 Å². The summed E-state index contributed by atoms with van der Waals surface area (Å²) in [4.78, 5) is 37.4. The fraction of sp³-hybridized carbons (Fsp3) is 0.103. The van der Waals surface area contributed by atoms with E-state index >= 15 is 0 Å². The van der Waals surface area contributed by atoms with Crippen LogP contribution in [0.1, 0.15) is 21.6 Å². The molecule has 0 spiro atoms. The van der Waals surface area contributed by atoms with Crippen molar-refractivity contribution in [3.05, 3.63) is 112 Å². The van der Waals surface area contributed by atoms with Gasteiger partial charge >= 0.3 is 0 Å². The van der Waals surface area contributed by atoms with E-state index in [1.54, 1.807) is 25.1 Å². The minimum atomic E-state index is -0.675. The number of H-pyrrole nitrogens is 1. The van der Waals surface area contributed by atoms with Crippen LogP contribution in [0.25, 0.3) is 22.0 Å². The van der Waals surface area contributed by atoms with Crippen LogP contribution >= 0.6 is 0 Å². The van der Waals surface area contributed by atoms with Crippen molar-refractivity contribution in [2.45, 2.75) is 13.3 Å². The number of hydrogen-bond donors (Lipinski definition) is 1. The molecule has 7 nitrogen and oxygen atoms in total. The Morgan fingerprint density at radius 3 is 2.53 bits per heavy atom. The van der Waals surface area contributed by atoms with Crippen LogP contribution in [0.5, 0.6) is 17.4 Å². The van der Waals surface area contributed by atoms with Gasteiger partial charge in [0, 0.05) is 41.5 Å². The Balaban J connectivity index is 1.39. The number of hydrogen-bond acceptors (Lipinski definition) is 6. The number of benzene rings is 2. The lowest BCUT2D eigenvalue weighted by molar-refractivity contribution is 0.0991. The molecule has 0 bridgehead atoms. The number of aryl methyl sites for hydroxylation is 1. The zero-order valence-corrected chi connectivity index (χ0v) is 20.4. The van der Waals surface area contributed by atoms with Gasteiger partial charge in [-0.1, -0.05) is 18.2 Å². The molecule has 0 saturated carbocycles. The van der Waals surface area contributed by atoms with E-state index in [1.807, 2.05) is 0 Å². The lowest BCUT2D eigenvalue weighted by atomic mass is 9.98. The molecule has 2 aromatic carbocycles. The monoisotopic (exact) mass is 513 g/mol. The summed E-state index contributed by atoms with van der Waals surface area (Å²) in [5.41, 5.74) is 1.69. The predicted octanol–water partition coefficient (Wildman–Crippen LogP) is 5.80. The van der Waals surface area contributed by atoms with Crippen LogP contribution in [-0.2, 0) is 6.42 Å². The van der Waals surface area contributed by atoms with Crippen molar-refractivity contribution >= 4 is 16.7 Å². The number of fused-ring (bicyclic) bond motifs is 1. The average Bonchev–Trinajstić information content (AvgIpc) is 2.91. The van der Waals surface area contributed by atoms with E-state index in [2.05, 4.69) is 15.0 Å². The number of Topliss-reactive ketones (excluding diaryl/α,β-unsaturated/α-hetero) is 1. The summed E-state index contributed by atoms with van der Waals surface area (Å²) in [6.45, 7) is 1.70. The normalized spacial score (nSPS) is 10.9. The Kier molecular flexibility index (Phi) is 6.66. The fourth-order valence-corrected chi connectivity index (χ4v) is 4.14. The van der Waals surface area contributed by atoms with E-state index in [4.69, 9.17) is 9.47 Å². The van der Waals surface area contributed by atoms with Gasteiger partial charge in [-0.3, -0.25) is 14.6 Å². The van der Waals surface area contributed by atoms with Crippen LogP contribution in [0.2, 0.25) is 0 Å². The second kappa shape index (κ2) is 10.2. The van der Waals surface area contributed by atoms with Gasteiger partial charge < -0.3 is 14.5 Å². The maximum Gasteiger partial charge on any atom is 0.213 e. The first-order valence-electron chi connectivity index (χ1n) is 11.6. The van der Waals surface area contributed by atoms with Crippen molar-refractivity contribution in [2.75, 3.05) is 7.11 Å². The topological polar surface area (TPSA) is 94.2 Å². The standard InChI is InChI=1S/C29H21F2N3O4/c1-16-28(18-4-6-19(30)7-5-18)29(36)21(14-33-16)24(35)12-17-3-8-26(22(31)11-17)38-25-9-10-32-23-15-34-27(37-2)13-20(23)25/h3-11,13-15H,12H2,1-2H3,(H,33,36). The van der Waals surface area contributed by atoms with Gasteiger partial charge in [-0.25, -0.2) is 13.8 Å². The van der Waals surface area contributed by atoms with Gasteiger partial charge in [-0.05, 0) is 48.4 Å². The molecule has 0 fully saturated rings. The van der Waals surface area contributed by atoms with E-state index in [-0.39, 0.29) is 23.3 Å². The molecule has 9 heteroatoms. The molecule has 1 N–H and O–H groups in total. The Morgan fingerprint density at radius 2 is 1.79 bits per heavy atom. The first kappa shape index (κ1) is 24.8. The van der Waals surface area contributed by atoms with E-state index in [0.717, 1.165) is 0 Å². The van der Waals surface area contributed by atoms with Gasteiger partial charge in [0.15, 0.2) is 22.8 Å².